The van der Waals surface area contributed by atoms with Crippen LogP contribution in [0.1, 0.15) is 32.9 Å². The summed E-state index contributed by atoms with van der Waals surface area (Å²) < 4.78 is 6.53. The number of hydrogen-bond donors (Lipinski definition) is 0. The number of fused-ring (bicyclic) bond motifs is 2. The number of nitrogens with zero attached hydrogens (tertiary/aromatic N) is 1. The van der Waals surface area contributed by atoms with Crippen LogP contribution >= 0.6 is 11.3 Å². The van der Waals surface area contributed by atoms with E-state index in [1.165, 1.54) is 17.5 Å². The Labute approximate surface area is 132 Å². The highest BCUT2D eigenvalue weighted by Gasteiger charge is 2.15. The van der Waals surface area contributed by atoms with E-state index in [-0.39, 0.29) is 12.6 Å². The summed E-state index contributed by atoms with van der Waals surface area (Å²) in [7, 11) is 0. The molecule has 0 bridgehead atoms. The molecule has 4 heteroatoms. The third-order valence-electron chi connectivity index (χ3n) is 4.00. The molecule has 0 N–H and O–H groups in total. The lowest BCUT2D eigenvalue weighted by molar-refractivity contribution is 0.0472. The van der Waals surface area contributed by atoms with Crippen molar-refractivity contribution in [2.45, 2.75) is 25.9 Å². The highest BCUT2D eigenvalue weighted by molar-refractivity contribution is 7.18. The van der Waals surface area contributed by atoms with Crippen molar-refractivity contribution in [3.8, 4) is 0 Å². The van der Waals surface area contributed by atoms with Gasteiger partial charge in [0, 0.05) is 0 Å². The maximum atomic E-state index is 12.2. The molecule has 4 rings (SSSR count). The summed E-state index contributed by atoms with van der Waals surface area (Å²) in [6.45, 7) is 0.231. The zero-order valence-corrected chi connectivity index (χ0v) is 12.9. The lowest BCUT2D eigenvalue weighted by atomic mass is 10.1. The Balaban J connectivity index is 1.47. The average Bonchev–Trinajstić information content (AvgIpc) is 3.17. The molecule has 3 aromatic rings. The van der Waals surface area contributed by atoms with Crippen LogP contribution in [0.4, 0.5) is 0 Å². The molecule has 0 unspecified atom stereocenters. The first kappa shape index (κ1) is 13.5. The number of aromatic nitrogens is 1. The number of thiazole rings is 1. The van der Waals surface area contributed by atoms with E-state index in [0.717, 1.165) is 28.1 Å². The second kappa shape index (κ2) is 5.54. The minimum atomic E-state index is -0.269. The minimum absolute atomic E-state index is 0.231. The predicted octanol–water partition coefficient (Wildman–Crippen LogP) is 4.14. The quantitative estimate of drug-likeness (QED) is 0.683. The molecule has 110 valence electrons. The molecule has 0 saturated heterocycles. The second-order valence-corrected chi connectivity index (χ2v) is 6.60. The van der Waals surface area contributed by atoms with Crippen molar-refractivity contribution in [1.29, 1.82) is 0 Å². The van der Waals surface area contributed by atoms with Gasteiger partial charge in [-0.05, 0) is 54.7 Å². The van der Waals surface area contributed by atoms with Gasteiger partial charge in [0.1, 0.15) is 11.6 Å². The van der Waals surface area contributed by atoms with E-state index in [4.69, 9.17) is 4.74 Å². The Kier molecular flexibility index (Phi) is 3.39. The molecule has 0 saturated carbocycles. The van der Waals surface area contributed by atoms with Crippen LogP contribution in [0.2, 0.25) is 0 Å². The van der Waals surface area contributed by atoms with Gasteiger partial charge in [-0.2, -0.15) is 0 Å². The maximum Gasteiger partial charge on any atom is 0.338 e. The molecular weight excluding hydrogens is 294 g/mol. The smallest absolute Gasteiger partial charge is 0.338 e. The van der Waals surface area contributed by atoms with Crippen LogP contribution in [0.15, 0.2) is 42.5 Å². The lowest BCUT2D eigenvalue weighted by Crippen LogP contribution is -2.05. The zero-order valence-electron chi connectivity index (χ0n) is 12.0. The van der Waals surface area contributed by atoms with Gasteiger partial charge in [-0.1, -0.05) is 18.2 Å². The van der Waals surface area contributed by atoms with Crippen molar-refractivity contribution < 1.29 is 9.53 Å². The molecule has 1 aliphatic rings. The summed E-state index contributed by atoms with van der Waals surface area (Å²) in [6, 6.07) is 13.8. The number of rotatable bonds is 3. The van der Waals surface area contributed by atoms with Crippen molar-refractivity contribution in [2.75, 3.05) is 0 Å². The zero-order chi connectivity index (χ0) is 14.9. The van der Waals surface area contributed by atoms with Crippen LogP contribution in [0.25, 0.3) is 10.2 Å². The second-order valence-electron chi connectivity index (χ2n) is 5.49. The number of para-hydroxylation sites is 1. The van der Waals surface area contributed by atoms with Crippen LogP contribution in [0.3, 0.4) is 0 Å². The standard InChI is InChI=1S/C18H15NO2S/c20-18(14-9-8-12-4-3-5-13(12)10-14)21-11-17-19-15-6-1-2-7-16(15)22-17/h1-2,6-10H,3-5,11H2. The molecule has 1 aromatic heterocycles. The fourth-order valence-corrected chi connectivity index (χ4v) is 3.77. The summed E-state index contributed by atoms with van der Waals surface area (Å²) in [5.41, 5.74) is 4.25. The Morgan fingerprint density at radius 1 is 1.14 bits per heavy atom. The van der Waals surface area contributed by atoms with Crippen molar-refractivity contribution in [1.82, 2.24) is 4.98 Å². The SMILES string of the molecule is O=C(OCc1nc2ccccc2s1)c1ccc2c(c1)CCC2. The Morgan fingerprint density at radius 2 is 2.00 bits per heavy atom. The number of ether oxygens (including phenoxy) is 1. The number of carbonyl (C=O) groups is 1. The summed E-state index contributed by atoms with van der Waals surface area (Å²) in [5, 5.41) is 0.829. The lowest BCUT2D eigenvalue weighted by Gasteiger charge is -2.05. The Hall–Kier alpha value is -2.20. The van der Waals surface area contributed by atoms with E-state index in [1.807, 2.05) is 36.4 Å². The van der Waals surface area contributed by atoms with Crippen LogP contribution in [0, 0.1) is 0 Å². The van der Waals surface area contributed by atoms with Gasteiger partial charge in [0.2, 0.25) is 0 Å². The monoisotopic (exact) mass is 309 g/mol. The van der Waals surface area contributed by atoms with Gasteiger partial charge < -0.3 is 4.74 Å². The fourth-order valence-electron chi connectivity index (χ4n) is 2.89. The summed E-state index contributed by atoms with van der Waals surface area (Å²) in [4.78, 5) is 16.7. The third kappa shape index (κ3) is 2.50. The van der Waals surface area contributed by atoms with Crippen molar-refractivity contribution in [3.05, 3.63) is 64.2 Å². The number of esters is 1. The van der Waals surface area contributed by atoms with E-state index >= 15 is 0 Å². The molecule has 0 aliphatic heterocycles. The van der Waals surface area contributed by atoms with Gasteiger partial charge in [0.25, 0.3) is 0 Å². The third-order valence-corrected chi connectivity index (χ3v) is 5.01. The van der Waals surface area contributed by atoms with Crippen LogP contribution in [-0.4, -0.2) is 11.0 Å². The number of benzene rings is 2. The van der Waals surface area contributed by atoms with Gasteiger partial charge in [-0.15, -0.1) is 11.3 Å². The molecule has 0 spiro atoms. The van der Waals surface area contributed by atoms with Crippen LogP contribution in [0.5, 0.6) is 0 Å². The molecule has 0 atom stereocenters. The molecule has 2 aromatic carbocycles. The summed E-state index contributed by atoms with van der Waals surface area (Å²) >= 11 is 1.57. The number of hydrogen-bond acceptors (Lipinski definition) is 4. The first-order valence-electron chi connectivity index (χ1n) is 7.43. The van der Waals surface area contributed by atoms with Crippen LogP contribution < -0.4 is 0 Å². The predicted molar refractivity (Wildman–Crippen MR) is 87.2 cm³/mol. The van der Waals surface area contributed by atoms with Crippen molar-refractivity contribution >= 4 is 27.5 Å². The van der Waals surface area contributed by atoms with E-state index in [9.17, 15) is 4.79 Å². The molecule has 1 aliphatic carbocycles. The molecule has 0 radical (unpaired) electrons. The largest absolute Gasteiger partial charge is 0.455 e. The molecule has 0 amide bonds. The van der Waals surface area contributed by atoms with E-state index in [0.29, 0.717) is 5.56 Å². The van der Waals surface area contributed by atoms with E-state index in [2.05, 4.69) is 11.1 Å². The number of carbonyl (C=O) groups excluding carboxylic acids is 1. The molecule has 1 heterocycles. The fraction of sp³-hybridized carbons (Fsp3) is 0.222. The highest BCUT2D eigenvalue weighted by Crippen LogP contribution is 2.24. The maximum absolute atomic E-state index is 12.2. The first-order valence-corrected chi connectivity index (χ1v) is 8.24. The van der Waals surface area contributed by atoms with E-state index < -0.39 is 0 Å². The van der Waals surface area contributed by atoms with E-state index in [1.54, 1.807) is 11.3 Å². The Bertz CT molecular complexity index is 820. The topological polar surface area (TPSA) is 39.2 Å². The van der Waals surface area contributed by atoms with Gasteiger partial charge in [0.15, 0.2) is 0 Å². The van der Waals surface area contributed by atoms with Gasteiger partial charge in [0.05, 0.1) is 15.8 Å². The first-order chi connectivity index (χ1) is 10.8. The van der Waals surface area contributed by atoms with Gasteiger partial charge >= 0.3 is 5.97 Å². The highest BCUT2D eigenvalue weighted by atomic mass is 32.1. The van der Waals surface area contributed by atoms with Crippen LogP contribution in [-0.2, 0) is 24.2 Å². The average molecular weight is 309 g/mol. The summed E-state index contributed by atoms with van der Waals surface area (Å²) in [6.07, 6.45) is 3.37. The molecule has 3 nitrogen and oxygen atoms in total. The number of aryl methyl sites for hydroxylation is 2. The summed E-state index contributed by atoms with van der Waals surface area (Å²) in [5.74, 6) is -0.269. The normalized spacial score (nSPS) is 13.3. The molecule has 0 fully saturated rings. The van der Waals surface area contributed by atoms with Crippen molar-refractivity contribution in [3.63, 3.8) is 0 Å². The molecule has 22 heavy (non-hydrogen) atoms. The van der Waals surface area contributed by atoms with Gasteiger partial charge in [-0.3, -0.25) is 0 Å². The van der Waals surface area contributed by atoms with Crippen molar-refractivity contribution in [2.24, 2.45) is 0 Å². The molecular formula is C18H15NO2S. The van der Waals surface area contributed by atoms with Gasteiger partial charge in [-0.25, -0.2) is 9.78 Å². The Morgan fingerprint density at radius 3 is 2.91 bits per heavy atom. The minimum Gasteiger partial charge on any atom is -0.455 e.